The van der Waals surface area contributed by atoms with Crippen LogP contribution < -0.4 is 4.74 Å². The van der Waals surface area contributed by atoms with Crippen LogP contribution in [0.1, 0.15) is 5.82 Å². The minimum absolute atomic E-state index is 0.109. The maximum Gasteiger partial charge on any atom is 0.453 e. The molecule has 3 rings (SSSR count). The van der Waals surface area contributed by atoms with Crippen LogP contribution in [-0.4, -0.2) is 26.7 Å². The molecule has 21 heavy (non-hydrogen) atoms. The number of ether oxygens (including phenoxy) is 1. The van der Waals surface area contributed by atoms with E-state index in [2.05, 4.69) is 15.1 Å². The summed E-state index contributed by atoms with van der Waals surface area (Å²) in [6, 6.07) is 8.49. The van der Waals surface area contributed by atoms with Crippen molar-refractivity contribution in [2.24, 2.45) is 0 Å². The van der Waals surface area contributed by atoms with Crippen molar-refractivity contribution in [2.45, 2.75) is 6.18 Å². The summed E-state index contributed by atoms with van der Waals surface area (Å²) >= 11 is 0. The van der Waals surface area contributed by atoms with E-state index < -0.39 is 12.0 Å². The summed E-state index contributed by atoms with van der Waals surface area (Å²) in [5.41, 5.74) is 1.10. The molecule has 8 heteroatoms. The van der Waals surface area contributed by atoms with Crippen LogP contribution in [0.2, 0.25) is 0 Å². The number of halogens is 3. The van der Waals surface area contributed by atoms with Gasteiger partial charge in [0.05, 0.1) is 12.8 Å². The zero-order valence-electron chi connectivity index (χ0n) is 10.8. The van der Waals surface area contributed by atoms with Gasteiger partial charge in [-0.15, -0.1) is 5.10 Å². The lowest BCUT2D eigenvalue weighted by molar-refractivity contribution is -0.144. The number of rotatable bonds is 2. The smallest absolute Gasteiger partial charge is 0.453 e. The number of fused-ring (bicyclic) bond motifs is 1. The molecular formula is C13H9F3N4O. The van der Waals surface area contributed by atoms with E-state index in [0.29, 0.717) is 17.0 Å². The van der Waals surface area contributed by atoms with Crippen LogP contribution in [0.15, 0.2) is 36.5 Å². The first-order chi connectivity index (χ1) is 9.99. The zero-order chi connectivity index (χ0) is 15.0. The Balaban J connectivity index is 2.20. The summed E-state index contributed by atoms with van der Waals surface area (Å²) in [7, 11) is 1.51. The first-order valence-electron chi connectivity index (χ1n) is 5.92. The van der Waals surface area contributed by atoms with E-state index in [4.69, 9.17) is 4.74 Å². The first-order valence-corrected chi connectivity index (χ1v) is 5.92. The van der Waals surface area contributed by atoms with Crippen LogP contribution in [-0.2, 0) is 6.18 Å². The Morgan fingerprint density at radius 3 is 2.71 bits per heavy atom. The summed E-state index contributed by atoms with van der Waals surface area (Å²) in [5, 5.41) is 3.49. The Morgan fingerprint density at radius 2 is 2.00 bits per heavy atom. The molecule has 0 amide bonds. The van der Waals surface area contributed by atoms with E-state index in [9.17, 15) is 13.2 Å². The molecule has 0 spiro atoms. The second kappa shape index (κ2) is 4.72. The van der Waals surface area contributed by atoms with E-state index in [-0.39, 0.29) is 5.78 Å². The Hall–Kier alpha value is -2.64. The lowest BCUT2D eigenvalue weighted by Gasteiger charge is -2.05. The lowest BCUT2D eigenvalue weighted by atomic mass is 10.1. The van der Waals surface area contributed by atoms with Gasteiger partial charge in [0, 0.05) is 11.8 Å². The molecule has 0 saturated heterocycles. The summed E-state index contributed by atoms with van der Waals surface area (Å²) < 4.78 is 44.3. The van der Waals surface area contributed by atoms with E-state index in [0.717, 1.165) is 4.52 Å². The number of methoxy groups -OCH3 is 1. The van der Waals surface area contributed by atoms with Crippen molar-refractivity contribution in [3.63, 3.8) is 0 Å². The summed E-state index contributed by atoms with van der Waals surface area (Å²) in [6.07, 6.45) is -3.22. The fourth-order valence-electron chi connectivity index (χ4n) is 1.92. The Morgan fingerprint density at radius 1 is 1.19 bits per heavy atom. The molecule has 0 fully saturated rings. The molecule has 1 aromatic carbocycles. The first kappa shape index (κ1) is 13.3. The van der Waals surface area contributed by atoms with Crippen molar-refractivity contribution in [2.75, 3.05) is 7.11 Å². The van der Waals surface area contributed by atoms with Crippen LogP contribution in [0.25, 0.3) is 17.0 Å². The van der Waals surface area contributed by atoms with Crippen LogP contribution in [0, 0.1) is 0 Å². The van der Waals surface area contributed by atoms with Gasteiger partial charge in [-0.2, -0.15) is 22.7 Å². The lowest BCUT2D eigenvalue weighted by Crippen LogP contribution is -2.07. The van der Waals surface area contributed by atoms with Gasteiger partial charge in [0.15, 0.2) is 0 Å². The molecule has 0 aliphatic heterocycles. The van der Waals surface area contributed by atoms with Crippen molar-refractivity contribution in [3.05, 3.63) is 42.4 Å². The van der Waals surface area contributed by atoms with Gasteiger partial charge in [0.1, 0.15) is 5.75 Å². The van der Waals surface area contributed by atoms with Crippen molar-refractivity contribution < 1.29 is 17.9 Å². The number of nitrogens with zero attached hydrogens (tertiary/aromatic N) is 4. The Kier molecular flexibility index (Phi) is 3.00. The standard InChI is InChI=1S/C13H9F3N4O/c1-21-9-4-2-3-8(7-9)10-5-6-17-12-18-11(13(14,15)16)19-20(10)12/h2-7H,1H3. The maximum atomic E-state index is 12.7. The normalized spacial score (nSPS) is 11.8. The highest BCUT2D eigenvalue weighted by atomic mass is 19.4. The SMILES string of the molecule is COc1cccc(-c2ccnc3nc(C(F)(F)F)nn23)c1. The predicted molar refractivity (Wildman–Crippen MR) is 67.8 cm³/mol. The van der Waals surface area contributed by atoms with Gasteiger partial charge >= 0.3 is 6.18 Å². The molecule has 2 heterocycles. The topological polar surface area (TPSA) is 52.3 Å². The molecule has 2 aromatic heterocycles. The number of benzene rings is 1. The van der Waals surface area contributed by atoms with E-state index >= 15 is 0 Å². The highest BCUT2D eigenvalue weighted by Crippen LogP contribution is 2.28. The predicted octanol–water partition coefficient (Wildman–Crippen LogP) is 2.82. The summed E-state index contributed by atoms with van der Waals surface area (Å²) in [4.78, 5) is 7.20. The third kappa shape index (κ3) is 2.39. The minimum Gasteiger partial charge on any atom is -0.497 e. The fourth-order valence-corrected chi connectivity index (χ4v) is 1.92. The average molecular weight is 294 g/mol. The summed E-state index contributed by atoms with van der Waals surface area (Å²) in [6.45, 7) is 0. The van der Waals surface area contributed by atoms with Crippen molar-refractivity contribution in [3.8, 4) is 17.0 Å². The third-order valence-electron chi connectivity index (χ3n) is 2.86. The van der Waals surface area contributed by atoms with Crippen molar-refractivity contribution in [1.82, 2.24) is 19.6 Å². The highest BCUT2D eigenvalue weighted by Gasteiger charge is 2.36. The monoisotopic (exact) mass is 294 g/mol. The molecule has 0 aliphatic carbocycles. The van der Waals surface area contributed by atoms with Gasteiger partial charge in [-0.25, -0.2) is 4.98 Å². The van der Waals surface area contributed by atoms with Gasteiger partial charge in [0.2, 0.25) is 0 Å². The van der Waals surface area contributed by atoms with Crippen LogP contribution in [0.4, 0.5) is 13.2 Å². The molecule has 0 saturated carbocycles. The minimum atomic E-state index is -4.61. The van der Waals surface area contributed by atoms with Crippen LogP contribution in [0.3, 0.4) is 0 Å². The van der Waals surface area contributed by atoms with Gasteiger partial charge < -0.3 is 4.74 Å². The average Bonchev–Trinajstić information content (AvgIpc) is 2.91. The molecule has 0 unspecified atom stereocenters. The molecule has 0 aliphatic rings. The second-order valence-electron chi connectivity index (χ2n) is 4.21. The van der Waals surface area contributed by atoms with Crippen molar-refractivity contribution in [1.29, 1.82) is 0 Å². The van der Waals surface area contributed by atoms with Gasteiger partial charge in [-0.05, 0) is 18.2 Å². The van der Waals surface area contributed by atoms with E-state index in [1.165, 1.54) is 13.3 Å². The third-order valence-corrected chi connectivity index (χ3v) is 2.86. The van der Waals surface area contributed by atoms with Gasteiger partial charge in [-0.1, -0.05) is 12.1 Å². The summed E-state index contributed by atoms with van der Waals surface area (Å²) in [5.74, 6) is -0.735. The largest absolute Gasteiger partial charge is 0.497 e. The highest BCUT2D eigenvalue weighted by molar-refractivity contribution is 5.63. The number of hydrogen-bond donors (Lipinski definition) is 0. The van der Waals surface area contributed by atoms with E-state index in [1.54, 1.807) is 30.3 Å². The molecule has 0 atom stereocenters. The van der Waals surface area contributed by atoms with Gasteiger partial charge in [0.25, 0.3) is 11.6 Å². The molecule has 0 N–H and O–H groups in total. The number of alkyl halides is 3. The molecule has 108 valence electrons. The fraction of sp³-hybridized carbons (Fsp3) is 0.154. The van der Waals surface area contributed by atoms with Gasteiger partial charge in [-0.3, -0.25) is 0 Å². The number of aromatic nitrogens is 4. The van der Waals surface area contributed by atoms with Crippen LogP contribution in [0.5, 0.6) is 5.75 Å². The quantitative estimate of drug-likeness (QED) is 0.729. The Labute approximate surface area is 117 Å². The number of hydrogen-bond acceptors (Lipinski definition) is 4. The molecule has 5 nitrogen and oxygen atoms in total. The molecular weight excluding hydrogens is 285 g/mol. The maximum absolute atomic E-state index is 12.7. The second-order valence-corrected chi connectivity index (χ2v) is 4.21. The molecule has 0 radical (unpaired) electrons. The molecule has 3 aromatic rings. The van der Waals surface area contributed by atoms with Crippen LogP contribution >= 0.6 is 0 Å². The zero-order valence-corrected chi connectivity index (χ0v) is 10.8. The van der Waals surface area contributed by atoms with E-state index in [1.807, 2.05) is 0 Å². The molecule has 0 bridgehead atoms. The Bertz CT molecular complexity index is 797. The van der Waals surface area contributed by atoms with Crippen molar-refractivity contribution >= 4 is 5.78 Å².